The molecule has 0 spiro atoms. The summed E-state index contributed by atoms with van der Waals surface area (Å²) in [5.41, 5.74) is 4.49. The van der Waals surface area contributed by atoms with Gasteiger partial charge in [0.1, 0.15) is 0 Å². The molecule has 1 aliphatic heterocycles. The molecule has 0 aliphatic carbocycles. The molecular weight excluding hydrogens is 404 g/mol. The van der Waals surface area contributed by atoms with E-state index < -0.39 is 5.69 Å². The van der Waals surface area contributed by atoms with Crippen LogP contribution in [-0.4, -0.2) is 38.8 Å². The molecule has 146 valence electrons. The van der Waals surface area contributed by atoms with Crippen molar-refractivity contribution in [3.8, 4) is 0 Å². The normalized spacial score (nSPS) is 16.8. The second kappa shape index (κ2) is 7.84. The maximum Gasteiger partial charge on any atom is 0.351 e. The molecule has 0 bridgehead atoms. The number of thiazole rings is 1. The summed E-state index contributed by atoms with van der Waals surface area (Å²) in [5.74, 6) is 1.80. The standard InChI is InChI=1S/C20H18N6OS2/c27-20-24-18(22-14-6-7-15-16(10-14)29-12-21-15)23-19(25-20)26-8-9-28-17(11-26)13-4-2-1-3-5-13/h1-7,10,12,17H,8-9,11H2,(H2,22,23,24,25,27). The van der Waals surface area contributed by atoms with E-state index >= 15 is 0 Å². The molecule has 1 aliphatic rings. The first-order valence-corrected chi connectivity index (χ1v) is 11.2. The number of hydrogen-bond donors (Lipinski definition) is 2. The summed E-state index contributed by atoms with van der Waals surface area (Å²) in [4.78, 5) is 29.9. The van der Waals surface area contributed by atoms with Gasteiger partial charge in [-0.15, -0.1) is 11.3 Å². The number of hydrogen-bond acceptors (Lipinski definition) is 8. The number of benzene rings is 2. The van der Waals surface area contributed by atoms with Gasteiger partial charge in [0.25, 0.3) is 0 Å². The first kappa shape index (κ1) is 18.1. The second-order valence-corrected chi connectivity index (χ2v) is 8.88. The zero-order valence-electron chi connectivity index (χ0n) is 15.4. The molecule has 0 radical (unpaired) electrons. The Bertz CT molecular complexity index is 1190. The molecule has 0 saturated carbocycles. The van der Waals surface area contributed by atoms with Crippen LogP contribution in [0.1, 0.15) is 10.8 Å². The van der Waals surface area contributed by atoms with Crippen molar-refractivity contribution >= 4 is 50.9 Å². The second-order valence-electron chi connectivity index (χ2n) is 6.68. The van der Waals surface area contributed by atoms with Gasteiger partial charge < -0.3 is 10.2 Å². The highest BCUT2D eigenvalue weighted by Crippen LogP contribution is 2.34. The number of H-pyrrole nitrogens is 1. The quantitative estimate of drug-likeness (QED) is 0.517. The van der Waals surface area contributed by atoms with Crippen LogP contribution in [0.2, 0.25) is 0 Å². The van der Waals surface area contributed by atoms with Gasteiger partial charge in [0.05, 0.1) is 15.7 Å². The molecule has 5 rings (SSSR count). The highest BCUT2D eigenvalue weighted by Gasteiger charge is 2.24. The van der Waals surface area contributed by atoms with Gasteiger partial charge in [-0.05, 0) is 23.8 Å². The van der Waals surface area contributed by atoms with Crippen LogP contribution in [0, 0.1) is 0 Å². The molecule has 4 aromatic rings. The highest BCUT2D eigenvalue weighted by atomic mass is 32.2. The molecule has 2 aromatic heterocycles. The number of nitrogens with one attached hydrogen (secondary N) is 2. The van der Waals surface area contributed by atoms with Gasteiger partial charge >= 0.3 is 5.69 Å². The third-order valence-electron chi connectivity index (χ3n) is 4.75. The van der Waals surface area contributed by atoms with E-state index in [2.05, 4.69) is 54.4 Å². The molecule has 1 fully saturated rings. The lowest BCUT2D eigenvalue weighted by Crippen LogP contribution is -2.37. The minimum atomic E-state index is -0.411. The molecule has 0 amide bonds. The van der Waals surface area contributed by atoms with Gasteiger partial charge in [-0.3, -0.25) is 4.98 Å². The zero-order chi connectivity index (χ0) is 19.6. The van der Waals surface area contributed by atoms with Gasteiger partial charge in [-0.1, -0.05) is 30.3 Å². The third-order valence-corrected chi connectivity index (χ3v) is 6.79. The van der Waals surface area contributed by atoms with Crippen molar-refractivity contribution < 1.29 is 0 Å². The van der Waals surface area contributed by atoms with Gasteiger partial charge in [-0.25, -0.2) is 9.78 Å². The molecular formula is C20H18N6OS2. The molecule has 1 atom stereocenters. The van der Waals surface area contributed by atoms with Crippen molar-refractivity contribution in [1.29, 1.82) is 0 Å². The smallest absolute Gasteiger partial charge is 0.338 e. The maximum atomic E-state index is 12.2. The van der Waals surface area contributed by atoms with Gasteiger partial charge in [0.15, 0.2) is 0 Å². The third kappa shape index (κ3) is 3.96. The fraction of sp³-hybridized carbons (Fsp3) is 0.200. The Morgan fingerprint density at radius 3 is 2.93 bits per heavy atom. The van der Waals surface area contributed by atoms with Crippen LogP contribution in [0.3, 0.4) is 0 Å². The van der Waals surface area contributed by atoms with Crippen LogP contribution in [0.4, 0.5) is 17.6 Å². The predicted molar refractivity (Wildman–Crippen MR) is 119 cm³/mol. The van der Waals surface area contributed by atoms with Crippen molar-refractivity contribution in [2.24, 2.45) is 0 Å². The number of anilines is 3. The lowest BCUT2D eigenvalue weighted by molar-refractivity contribution is 0.740. The molecule has 2 N–H and O–H groups in total. The number of aromatic nitrogens is 4. The zero-order valence-corrected chi connectivity index (χ0v) is 17.0. The van der Waals surface area contributed by atoms with E-state index in [-0.39, 0.29) is 0 Å². The van der Waals surface area contributed by atoms with E-state index in [1.54, 1.807) is 11.3 Å². The Hall–Kier alpha value is -2.91. The van der Waals surface area contributed by atoms with Crippen molar-refractivity contribution in [3.05, 3.63) is 70.1 Å². The van der Waals surface area contributed by atoms with Gasteiger partial charge in [0, 0.05) is 29.8 Å². The van der Waals surface area contributed by atoms with Gasteiger partial charge in [-0.2, -0.15) is 21.7 Å². The summed E-state index contributed by atoms with van der Waals surface area (Å²) in [6.07, 6.45) is 0. The van der Waals surface area contributed by atoms with E-state index in [0.717, 1.165) is 34.7 Å². The van der Waals surface area contributed by atoms with E-state index in [1.807, 2.05) is 41.5 Å². The van der Waals surface area contributed by atoms with Crippen LogP contribution >= 0.6 is 23.1 Å². The number of nitrogens with zero attached hydrogens (tertiary/aromatic N) is 4. The van der Waals surface area contributed by atoms with Crippen molar-refractivity contribution in [2.45, 2.75) is 5.25 Å². The fourth-order valence-corrected chi connectivity index (χ4v) is 5.31. The van der Waals surface area contributed by atoms with Crippen LogP contribution in [-0.2, 0) is 0 Å². The lowest BCUT2D eigenvalue weighted by Gasteiger charge is -2.32. The Balaban J connectivity index is 1.39. The SMILES string of the molecule is O=c1nc(N2CCSC(c3ccccc3)C2)nc(Nc2ccc3ncsc3c2)[nH]1. The number of thioether (sulfide) groups is 1. The highest BCUT2D eigenvalue weighted by molar-refractivity contribution is 7.99. The average molecular weight is 423 g/mol. The Morgan fingerprint density at radius 2 is 2.03 bits per heavy atom. The fourth-order valence-electron chi connectivity index (χ4n) is 3.34. The van der Waals surface area contributed by atoms with Crippen LogP contribution in [0.15, 0.2) is 58.8 Å². The molecule has 9 heteroatoms. The molecule has 3 heterocycles. The molecule has 1 saturated heterocycles. The first-order chi connectivity index (χ1) is 14.2. The molecule has 2 aromatic carbocycles. The van der Waals surface area contributed by atoms with E-state index in [1.165, 1.54) is 5.56 Å². The van der Waals surface area contributed by atoms with Crippen LogP contribution in [0.5, 0.6) is 0 Å². The van der Waals surface area contributed by atoms with E-state index in [9.17, 15) is 4.79 Å². The van der Waals surface area contributed by atoms with E-state index in [4.69, 9.17) is 0 Å². The summed E-state index contributed by atoms with van der Waals surface area (Å²) in [6.45, 7) is 1.58. The van der Waals surface area contributed by atoms with E-state index in [0.29, 0.717) is 17.1 Å². The summed E-state index contributed by atoms with van der Waals surface area (Å²) in [7, 11) is 0. The lowest BCUT2D eigenvalue weighted by atomic mass is 10.1. The average Bonchev–Trinajstić information content (AvgIpc) is 3.22. The van der Waals surface area contributed by atoms with Crippen molar-refractivity contribution in [3.63, 3.8) is 0 Å². The van der Waals surface area contributed by atoms with Crippen LogP contribution in [0.25, 0.3) is 10.2 Å². The van der Waals surface area contributed by atoms with Crippen molar-refractivity contribution in [1.82, 2.24) is 19.9 Å². The van der Waals surface area contributed by atoms with Crippen molar-refractivity contribution in [2.75, 3.05) is 29.1 Å². The van der Waals surface area contributed by atoms with Gasteiger partial charge in [0.2, 0.25) is 11.9 Å². The Labute approximate surface area is 175 Å². The Morgan fingerprint density at radius 1 is 1.14 bits per heavy atom. The predicted octanol–water partition coefficient (Wildman–Crippen LogP) is 3.81. The number of aromatic amines is 1. The molecule has 29 heavy (non-hydrogen) atoms. The number of rotatable bonds is 4. The maximum absolute atomic E-state index is 12.2. The minimum Gasteiger partial charge on any atom is -0.338 e. The summed E-state index contributed by atoms with van der Waals surface area (Å²) < 4.78 is 1.07. The number of fused-ring (bicyclic) bond motifs is 1. The Kier molecular flexibility index (Phi) is 4.91. The van der Waals surface area contributed by atoms with Crippen LogP contribution < -0.4 is 15.9 Å². The summed E-state index contributed by atoms with van der Waals surface area (Å²) >= 11 is 3.50. The monoisotopic (exact) mass is 422 g/mol. The summed E-state index contributed by atoms with van der Waals surface area (Å²) in [5, 5.41) is 3.52. The molecule has 7 nitrogen and oxygen atoms in total. The minimum absolute atomic E-state index is 0.331. The largest absolute Gasteiger partial charge is 0.351 e. The molecule has 1 unspecified atom stereocenters. The summed E-state index contributed by atoms with van der Waals surface area (Å²) in [6, 6.07) is 16.3. The first-order valence-electron chi connectivity index (χ1n) is 9.25. The topological polar surface area (TPSA) is 86.8 Å².